The summed E-state index contributed by atoms with van der Waals surface area (Å²) in [5.74, 6) is -1.96. The van der Waals surface area contributed by atoms with E-state index in [4.69, 9.17) is 4.42 Å². The number of benzene rings is 2. The van der Waals surface area contributed by atoms with Crippen molar-refractivity contribution in [2.75, 3.05) is 5.32 Å². The van der Waals surface area contributed by atoms with Gasteiger partial charge in [0.2, 0.25) is 0 Å². The van der Waals surface area contributed by atoms with Crippen molar-refractivity contribution >= 4 is 49.5 Å². The minimum Gasteiger partial charge on any atom is -0.422 e. The van der Waals surface area contributed by atoms with E-state index in [0.29, 0.717) is 16.3 Å². The van der Waals surface area contributed by atoms with Gasteiger partial charge in [-0.25, -0.2) is 18.6 Å². The maximum Gasteiger partial charge on any atom is 0.345 e. The Morgan fingerprint density at radius 3 is 2.80 bits per heavy atom. The number of halogens is 3. The van der Waals surface area contributed by atoms with Crippen LogP contribution in [0.2, 0.25) is 0 Å². The molecule has 1 N–H and O–H groups in total. The fourth-order valence-electron chi connectivity index (χ4n) is 2.68. The highest BCUT2D eigenvalue weighted by Crippen LogP contribution is 2.27. The third kappa shape index (κ3) is 4.01. The molecule has 0 unspecified atom stereocenters. The number of hydrogen-bond acceptors (Lipinski definition) is 6. The molecule has 0 bridgehead atoms. The van der Waals surface area contributed by atoms with Gasteiger partial charge in [-0.05, 0) is 36.4 Å². The van der Waals surface area contributed by atoms with E-state index < -0.39 is 17.3 Å². The molecule has 2 aromatic carbocycles. The maximum absolute atomic E-state index is 13.3. The molecule has 0 fully saturated rings. The van der Waals surface area contributed by atoms with Crippen LogP contribution in [0.5, 0.6) is 0 Å². The average Bonchev–Trinajstić information content (AvgIpc) is 3.20. The molecule has 0 aliphatic carbocycles. The molecule has 0 atom stereocenters. The van der Waals surface area contributed by atoms with Crippen LogP contribution in [0.4, 0.5) is 14.5 Å². The van der Waals surface area contributed by atoms with Crippen molar-refractivity contribution in [1.82, 2.24) is 4.98 Å². The second-order valence-electron chi connectivity index (χ2n) is 6.11. The van der Waals surface area contributed by atoms with Gasteiger partial charge in [-0.15, -0.1) is 11.3 Å². The highest BCUT2D eigenvalue weighted by molar-refractivity contribution is 9.10. The van der Waals surface area contributed by atoms with Crippen LogP contribution in [0.15, 0.2) is 67.7 Å². The number of aromatic nitrogens is 1. The Morgan fingerprint density at radius 1 is 1.20 bits per heavy atom. The number of anilines is 1. The molecule has 0 amide bonds. The summed E-state index contributed by atoms with van der Waals surface area (Å²) in [5, 5.41) is 14.9. The molecule has 0 saturated heterocycles. The number of rotatable bonds is 4. The number of nitriles is 1. The normalized spacial score (nSPS) is 11.5. The molecule has 5 nitrogen and oxygen atoms in total. The Bertz CT molecular complexity index is 1410. The van der Waals surface area contributed by atoms with E-state index in [-0.39, 0.29) is 16.8 Å². The quantitative estimate of drug-likeness (QED) is 0.286. The van der Waals surface area contributed by atoms with Crippen molar-refractivity contribution in [2.24, 2.45) is 0 Å². The van der Waals surface area contributed by atoms with E-state index >= 15 is 0 Å². The van der Waals surface area contributed by atoms with E-state index in [0.717, 1.165) is 22.0 Å². The van der Waals surface area contributed by atoms with Gasteiger partial charge < -0.3 is 9.73 Å². The molecule has 4 aromatic rings. The number of thiazole rings is 1. The first kappa shape index (κ1) is 19.9. The third-order valence-corrected chi connectivity index (χ3v) is 5.50. The fraction of sp³-hybridized carbons (Fsp3) is 0. The molecule has 0 aliphatic rings. The lowest BCUT2D eigenvalue weighted by molar-refractivity contribution is 0.509. The first-order chi connectivity index (χ1) is 14.4. The zero-order chi connectivity index (χ0) is 21.3. The zero-order valence-corrected chi connectivity index (χ0v) is 17.4. The average molecular weight is 486 g/mol. The Labute approximate surface area is 181 Å². The molecule has 4 rings (SSSR count). The number of fused-ring (bicyclic) bond motifs is 1. The summed E-state index contributed by atoms with van der Waals surface area (Å²) in [7, 11) is 0. The Morgan fingerprint density at radius 2 is 2.03 bits per heavy atom. The highest BCUT2D eigenvalue weighted by atomic mass is 79.9. The van der Waals surface area contributed by atoms with Gasteiger partial charge in [0.15, 0.2) is 11.6 Å². The molecular weight excluding hydrogens is 476 g/mol. The lowest BCUT2D eigenvalue weighted by atomic mass is 10.1. The van der Waals surface area contributed by atoms with Crippen molar-refractivity contribution in [2.45, 2.75) is 0 Å². The van der Waals surface area contributed by atoms with E-state index in [1.54, 1.807) is 23.6 Å². The first-order valence-corrected chi connectivity index (χ1v) is 10.1. The molecule has 0 saturated carbocycles. The smallest absolute Gasteiger partial charge is 0.345 e. The topological polar surface area (TPSA) is 78.9 Å². The van der Waals surface area contributed by atoms with Gasteiger partial charge in [-0.3, -0.25) is 0 Å². The van der Waals surface area contributed by atoms with E-state index in [1.807, 2.05) is 12.1 Å². The summed E-state index contributed by atoms with van der Waals surface area (Å²) in [5.41, 5.74) is 1.01. The summed E-state index contributed by atoms with van der Waals surface area (Å²) >= 11 is 4.55. The minimum atomic E-state index is -1.00. The monoisotopic (exact) mass is 485 g/mol. The molecule has 9 heteroatoms. The maximum atomic E-state index is 13.3. The lowest BCUT2D eigenvalue weighted by Crippen LogP contribution is -2.03. The van der Waals surface area contributed by atoms with Crippen LogP contribution in [0.3, 0.4) is 0 Å². The van der Waals surface area contributed by atoms with Crippen molar-refractivity contribution in [3.05, 3.63) is 85.6 Å². The zero-order valence-electron chi connectivity index (χ0n) is 14.9. The Hall–Kier alpha value is -3.35. The third-order valence-electron chi connectivity index (χ3n) is 4.13. The molecular formula is C21H10BrF2N3O2S. The van der Waals surface area contributed by atoms with Crippen LogP contribution in [0, 0.1) is 23.0 Å². The number of nitrogens with one attached hydrogen (secondary N) is 1. The Balaban J connectivity index is 1.66. The first-order valence-electron chi connectivity index (χ1n) is 8.46. The van der Waals surface area contributed by atoms with E-state index in [1.165, 1.54) is 23.6 Å². The van der Waals surface area contributed by atoms with Gasteiger partial charge >= 0.3 is 5.63 Å². The second-order valence-corrected chi connectivity index (χ2v) is 7.88. The van der Waals surface area contributed by atoms with Gasteiger partial charge in [0.1, 0.15) is 22.2 Å². The summed E-state index contributed by atoms with van der Waals surface area (Å²) in [6.07, 6.45) is 1.34. The van der Waals surface area contributed by atoms with E-state index in [2.05, 4.69) is 26.2 Å². The molecule has 0 spiro atoms. The van der Waals surface area contributed by atoms with Crippen molar-refractivity contribution in [1.29, 1.82) is 5.26 Å². The van der Waals surface area contributed by atoms with Crippen molar-refractivity contribution < 1.29 is 13.2 Å². The predicted octanol–water partition coefficient (Wildman–Crippen LogP) is 5.93. The van der Waals surface area contributed by atoms with E-state index in [9.17, 15) is 18.8 Å². The molecule has 148 valence electrons. The SMILES string of the molecule is N#CC(=CNc1ccc(F)c(F)c1)c1nc(-c2cc3cc(Br)ccc3oc2=O)cs1. The Kier molecular flexibility index (Phi) is 5.44. The van der Waals surface area contributed by atoms with Crippen molar-refractivity contribution in [3.63, 3.8) is 0 Å². The molecule has 30 heavy (non-hydrogen) atoms. The highest BCUT2D eigenvalue weighted by Gasteiger charge is 2.14. The lowest BCUT2D eigenvalue weighted by Gasteiger charge is -2.02. The summed E-state index contributed by atoms with van der Waals surface area (Å²) in [6, 6.07) is 12.3. The van der Waals surface area contributed by atoms with Crippen LogP contribution in [0.1, 0.15) is 5.01 Å². The second kappa shape index (κ2) is 8.18. The molecule has 0 aliphatic heterocycles. The number of nitrogens with zero attached hydrogens (tertiary/aromatic N) is 2. The van der Waals surface area contributed by atoms with Gasteiger partial charge in [0, 0.05) is 33.2 Å². The van der Waals surface area contributed by atoms with Gasteiger partial charge in [-0.2, -0.15) is 5.26 Å². The van der Waals surface area contributed by atoms with Crippen molar-refractivity contribution in [3.8, 4) is 17.3 Å². The van der Waals surface area contributed by atoms with Crippen LogP contribution >= 0.6 is 27.3 Å². The predicted molar refractivity (Wildman–Crippen MR) is 115 cm³/mol. The number of allylic oxidation sites excluding steroid dienone is 1. The standard InChI is InChI=1S/C21H10BrF2N3O2S/c22-13-1-4-19-11(5-13)6-15(21(28)29-19)18-10-30-20(27-18)12(8-25)9-26-14-2-3-16(23)17(24)7-14/h1-7,9-10,26H. The van der Waals surface area contributed by atoms with Crippen LogP contribution in [0.25, 0.3) is 27.8 Å². The number of hydrogen-bond donors (Lipinski definition) is 1. The van der Waals surface area contributed by atoms with Gasteiger partial charge in [-0.1, -0.05) is 15.9 Å². The van der Waals surface area contributed by atoms with Crippen LogP contribution < -0.4 is 10.9 Å². The van der Waals surface area contributed by atoms with Crippen LogP contribution in [-0.4, -0.2) is 4.98 Å². The summed E-state index contributed by atoms with van der Waals surface area (Å²) in [4.78, 5) is 16.7. The molecule has 2 heterocycles. The fourth-order valence-corrected chi connectivity index (χ4v) is 3.84. The largest absolute Gasteiger partial charge is 0.422 e. The van der Waals surface area contributed by atoms with Gasteiger partial charge in [0.05, 0.1) is 11.3 Å². The molecule has 2 aromatic heterocycles. The minimum absolute atomic E-state index is 0.170. The van der Waals surface area contributed by atoms with Crippen LogP contribution in [-0.2, 0) is 0 Å². The van der Waals surface area contributed by atoms with Gasteiger partial charge in [0.25, 0.3) is 0 Å². The summed E-state index contributed by atoms with van der Waals surface area (Å²) < 4.78 is 32.5. The summed E-state index contributed by atoms with van der Waals surface area (Å²) in [6.45, 7) is 0. The molecule has 0 radical (unpaired) electrons.